The van der Waals surface area contributed by atoms with E-state index in [1.807, 2.05) is 29.2 Å². The quantitative estimate of drug-likeness (QED) is 0.466. The van der Waals surface area contributed by atoms with Crippen LogP contribution in [0, 0.1) is 0 Å². The number of piperidine rings is 1. The number of nitrogens with one attached hydrogen (secondary N) is 3. The summed E-state index contributed by atoms with van der Waals surface area (Å²) in [5.41, 5.74) is 7.56. The average Bonchev–Trinajstić information content (AvgIpc) is 3.11. The minimum absolute atomic E-state index is 0.0533. The molecule has 1 atom stereocenters. The fourth-order valence-corrected chi connectivity index (χ4v) is 3.46. The molecule has 144 valence electrons. The summed E-state index contributed by atoms with van der Waals surface area (Å²) in [5.74, 6) is 1.37. The number of carbonyl (C=O) groups excluding carboxylic acids is 1. The number of para-hydroxylation sites is 1. The van der Waals surface area contributed by atoms with Gasteiger partial charge < -0.3 is 26.3 Å². The monoisotopic (exact) mass is 388 g/mol. The average molecular weight is 389 g/mol. The van der Waals surface area contributed by atoms with Crippen molar-refractivity contribution < 1.29 is 4.79 Å². The van der Waals surface area contributed by atoms with Crippen molar-refractivity contribution in [1.29, 1.82) is 0 Å². The third kappa shape index (κ3) is 4.74. The number of aromatic nitrogens is 1. The second-order valence-electron chi connectivity index (χ2n) is 6.53. The Hall–Kier alpha value is -2.67. The summed E-state index contributed by atoms with van der Waals surface area (Å²) < 4.78 is 0. The molecule has 1 aromatic heterocycles. The summed E-state index contributed by atoms with van der Waals surface area (Å²) in [6, 6.07) is 9.44. The van der Waals surface area contributed by atoms with Crippen molar-refractivity contribution in [3.05, 3.63) is 47.1 Å². The number of amides is 1. The van der Waals surface area contributed by atoms with Crippen molar-refractivity contribution in [2.24, 2.45) is 4.99 Å². The highest BCUT2D eigenvalue weighted by molar-refractivity contribution is 6.33. The highest BCUT2D eigenvalue weighted by atomic mass is 35.5. The summed E-state index contributed by atoms with van der Waals surface area (Å²) in [5, 5.41) is 7.16. The van der Waals surface area contributed by atoms with Gasteiger partial charge in [0, 0.05) is 32.4 Å². The number of benzene rings is 1. The van der Waals surface area contributed by atoms with Crippen LogP contribution in [0.1, 0.15) is 18.4 Å². The SMILES string of the molecule is CN=C(N[C@H]1CCCN(C(=O)CNc2ccccc2Cl)C1)c1cc[nH]c1N. The van der Waals surface area contributed by atoms with Crippen molar-refractivity contribution in [2.45, 2.75) is 18.9 Å². The zero-order valence-corrected chi connectivity index (χ0v) is 16.1. The van der Waals surface area contributed by atoms with Gasteiger partial charge in [-0.3, -0.25) is 9.79 Å². The van der Waals surface area contributed by atoms with E-state index >= 15 is 0 Å². The first-order valence-corrected chi connectivity index (χ1v) is 9.39. The van der Waals surface area contributed by atoms with Crippen LogP contribution in [0.15, 0.2) is 41.5 Å². The third-order valence-electron chi connectivity index (χ3n) is 4.68. The second-order valence-corrected chi connectivity index (χ2v) is 6.94. The molecule has 1 amide bonds. The lowest BCUT2D eigenvalue weighted by atomic mass is 10.0. The number of aromatic amines is 1. The molecule has 0 spiro atoms. The molecular weight excluding hydrogens is 364 g/mol. The van der Waals surface area contributed by atoms with Crippen LogP contribution >= 0.6 is 11.6 Å². The second kappa shape index (κ2) is 8.81. The number of H-pyrrole nitrogens is 1. The molecule has 27 heavy (non-hydrogen) atoms. The van der Waals surface area contributed by atoms with E-state index in [1.165, 1.54) is 0 Å². The van der Waals surface area contributed by atoms with Gasteiger partial charge in [0.15, 0.2) is 0 Å². The number of hydrogen-bond acceptors (Lipinski definition) is 4. The maximum absolute atomic E-state index is 12.6. The maximum Gasteiger partial charge on any atom is 0.241 e. The van der Waals surface area contributed by atoms with E-state index in [2.05, 4.69) is 20.6 Å². The number of nitrogens with two attached hydrogens (primary N) is 1. The van der Waals surface area contributed by atoms with Crippen LogP contribution in [0.3, 0.4) is 0 Å². The molecular formula is C19H25ClN6O. The summed E-state index contributed by atoms with van der Waals surface area (Å²) in [4.78, 5) is 21.8. The molecule has 1 aliphatic rings. The van der Waals surface area contributed by atoms with Gasteiger partial charge in [-0.05, 0) is 31.0 Å². The fraction of sp³-hybridized carbons (Fsp3) is 0.368. The van der Waals surface area contributed by atoms with Crippen LogP contribution in [0.5, 0.6) is 0 Å². The first-order chi connectivity index (χ1) is 13.1. The normalized spacial score (nSPS) is 17.6. The molecule has 0 saturated carbocycles. The first-order valence-electron chi connectivity index (χ1n) is 9.01. The number of rotatable bonds is 5. The number of halogens is 1. The van der Waals surface area contributed by atoms with Gasteiger partial charge in [-0.2, -0.15) is 0 Å². The Morgan fingerprint density at radius 1 is 1.41 bits per heavy atom. The summed E-state index contributed by atoms with van der Waals surface area (Å²) in [6.07, 6.45) is 3.70. The van der Waals surface area contributed by atoms with Gasteiger partial charge in [0.2, 0.25) is 5.91 Å². The largest absolute Gasteiger partial charge is 0.385 e. The minimum Gasteiger partial charge on any atom is -0.385 e. The number of aliphatic imine (C=N–C) groups is 1. The van der Waals surface area contributed by atoms with Gasteiger partial charge in [-0.15, -0.1) is 0 Å². The minimum atomic E-state index is 0.0533. The van der Waals surface area contributed by atoms with Crippen LogP contribution < -0.4 is 16.4 Å². The molecule has 8 heteroatoms. The molecule has 0 radical (unpaired) electrons. The Bertz CT molecular complexity index is 818. The van der Waals surface area contributed by atoms with Crippen LogP contribution in [0.4, 0.5) is 11.5 Å². The molecule has 2 heterocycles. The molecule has 3 rings (SSSR count). The number of hydrogen-bond donors (Lipinski definition) is 4. The molecule has 1 aromatic carbocycles. The van der Waals surface area contributed by atoms with E-state index in [-0.39, 0.29) is 18.5 Å². The van der Waals surface area contributed by atoms with Gasteiger partial charge >= 0.3 is 0 Å². The Kier molecular flexibility index (Phi) is 6.24. The highest BCUT2D eigenvalue weighted by Crippen LogP contribution is 2.20. The van der Waals surface area contributed by atoms with E-state index < -0.39 is 0 Å². The van der Waals surface area contributed by atoms with Gasteiger partial charge in [-0.1, -0.05) is 23.7 Å². The van der Waals surface area contributed by atoms with Crippen molar-refractivity contribution in [2.75, 3.05) is 37.7 Å². The van der Waals surface area contributed by atoms with E-state index in [0.29, 0.717) is 17.4 Å². The van der Waals surface area contributed by atoms with E-state index in [0.717, 1.165) is 36.5 Å². The van der Waals surface area contributed by atoms with Crippen molar-refractivity contribution in [1.82, 2.24) is 15.2 Å². The Balaban J connectivity index is 1.56. The lowest BCUT2D eigenvalue weighted by Gasteiger charge is -2.34. The lowest BCUT2D eigenvalue weighted by Crippen LogP contribution is -2.51. The van der Waals surface area contributed by atoms with Crippen molar-refractivity contribution >= 4 is 34.8 Å². The number of amidine groups is 1. The smallest absolute Gasteiger partial charge is 0.241 e. The Morgan fingerprint density at radius 3 is 2.93 bits per heavy atom. The van der Waals surface area contributed by atoms with Crippen LogP contribution in [-0.4, -0.2) is 54.4 Å². The number of carbonyl (C=O) groups is 1. The van der Waals surface area contributed by atoms with Gasteiger partial charge in [0.25, 0.3) is 0 Å². The van der Waals surface area contributed by atoms with Crippen LogP contribution in [0.25, 0.3) is 0 Å². The molecule has 0 bridgehead atoms. The summed E-state index contributed by atoms with van der Waals surface area (Å²) >= 11 is 6.13. The number of anilines is 2. The van der Waals surface area contributed by atoms with E-state index in [1.54, 1.807) is 19.3 Å². The highest BCUT2D eigenvalue weighted by Gasteiger charge is 2.25. The molecule has 1 aliphatic heterocycles. The van der Waals surface area contributed by atoms with Gasteiger partial charge in [0.05, 0.1) is 22.8 Å². The molecule has 1 saturated heterocycles. The molecule has 0 aliphatic carbocycles. The van der Waals surface area contributed by atoms with Crippen molar-refractivity contribution in [3.63, 3.8) is 0 Å². The summed E-state index contributed by atoms with van der Waals surface area (Å²) in [7, 11) is 1.73. The number of nitrogen functional groups attached to an aromatic ring is 1. The zero-order valence-electron chi connectivity index (χ0n) is 15.3. The standard InChI is InChI=1S/C19H25ClN6O/c1-22-19(14-8-9-23-18(14)21)25-13-5-4-10-26(12-13)17(27)11-24-16-7-3-2-6-15(16)20/h2-3,6-9,13,23-24H,4-5,10-12,21H2,1H3,(H,22,25)/t13-/m0/s1. The van der Waals surface area contributed by atoms with E-state index in [4.69, 9.17) is 17.3 Å². The summed E-state index contributed by atoms with van der Waals surface area (Å²) in [6.45, 7) is 1.61. The van der Waals surface area contributed by atoms with Crippen LogP contribution in [0.2, 0.25) is 5.02 Å². The molecule has 0 unspecified atom stereocenters. The maximum atomic E-state index is 12.6. The molecule has 2 aromatic rings. The Morgan fingerprint density at radius 2 is 2.22 bits per heavy atom. The lowest BCUT2D eigenvalue weighted by molar-refractivity contribution is -0.130. The van der Waals surface area contributed by atoms with Gasteiger partial charge in [-0.25, -0.2) is 0 Å². The number of likely N-dealkylation sites (tertiary alicyclic amines) is 1. The Labute approximate surface area is 164 Å². The fourth-order valence-electron chi connectivity index (χ4n) is 3.25. The predicted octanol–water partition coefficient (Wildman–Crippen LogP) is 2.32. The predicted molar refractivity (Wildman–Crippen MR) is 110 cm³/mol. The van der Waals surface area contributed by atoms with Crippen LogP contribution in [-0.2, 0) is 4.79 Å². The molecule has 1 fully saturated rings. The third-order valence-corrected chi connectivity index (χ3v) is 5.01. The van der Waals surface area contributed by atoms with Crippen molar-refractivity contribution in [3.8, 4) is 0 Å². The zero-order chi connectivity index (χ0) is 19.2. The topological polar surface area (TPSA) is 98.5 Å². The number of nitrogens with zero attached hydrogens (tertiary/aromatic N) is 2. The van der Waals surface area contributed by atoms with Gasteiger partial charge in [0.1, 0.15) is 11.7 Å². The first kappa shape index (κ1) is 19.1. The molecule has 5 N–H and O–H groups in total. The van der Waals surface area contributed by atoms with E-state index in [9.17, 15) is 4.79 Å². The molecule has 7 nitrogen and oxygen atoms in total.